The predicted octanol–water partition coefficient (Wildman–Crippen LogP) is 4.64. The predicted molar refractivity (Wildman–Crippen MR) is 81.0 cm³/mol. The second-order valence-corrected chi connectivity index (χ2v) is 8.86. The summed E-state index contributed by atoms with van der Waals surface area (Å²) in [4.78, 5) is 23.1. The number of aldehydes is 1. The Hall–Kier alpha value is -0.230. The molecule has 0 saturated heterocycles. The first-order valence-electron chi connectivity index (χ1n) is 8.07. The van der Waals surface area contributed by atoms with Gasteiger partial charge in [-0.25, -0.2) is 0 Å². The molecule has 2 saturated carbocycles. The third-order valence-electron chi connectivity index (χ3n) is 4.70. The summed E-state index contributed by atoms with van der Waals surface area (Å²) in [5.41, 5.74) is 1.83. The molecule has 3 heteroatoms. The minimum absolute atomic E-state index is 0.442. The topological polar surface area (TPSA) is 34.1 Å². The van der Waals surface area contributed by atoms with E-state index in [0.717, 1.165) is 6.29 Å². The molecule has 0 aromatic heterocycles. The first kappa shape index (κ1) is 15.2. The molecule has 2 aliphatic carbocycles. The van der Waals surface area contributed by atoms with Gasteiger partial charge < -0.3 is 4.79 Å². The zero-order valence-corrected chi connectivity index (χ0v) is 12.9. The highest BCUT2D eigenvalue weighted by Gasteiger charge is 2.35. The average molecular weight is 282 g/mol. The highest BCUT2D eigenvalue weighted by molar-refractivity contribution is 7.76. The Bertz CT molecular complexity index is 273. The lowest BCUT2D eigenvalue weighted by Crippen LogP contribution is -2.24. The lowest BCUT2D eigenvalue weighted by molar-refractivity contribution is -0.114. The lowest BCUT2D eigenvalue weighted by Gasteiger charge is -2.37. The summed E-state index contributed by atoms with van der Waals surface area (Å²) in [7, 11) is -0.468. The van der Waals surface area contributed by atoms with Crippen molar-refractivity contribution in [1.82, 2.24) is 0 Å². The van der Waals surface area contributed by atoms with E-state index < -0.39 is 7.92 Å². The van der Waals surface area contributed by atoms with Crippen molar-refractivity contribution in [3.8, 4) is 0 Å². The molecule has 2 fully saturated rings. The summed E-state index contributed by atoms with van der Waals surface area (Å²) in [6.07, 6.45) is 14.9. The van der Waals surface area contributed by atoms with Crippen LogP contribution in [-0.2, 0) is 9.59 Å². The third-order valence-corrected chi connectivity index (χ3v) is 8.11. The molecule has 0 amide bonds. The second-order valence-electron chi connectivity index (χ2n) is 6.09. The van der Waals surface area contributed by atoms with Crippen molar-refractivity contribution in [2.75, 3.05) is 0 Å². The molecule has 0 heterocycles. The third kappa shape index (κ3) is 4.38. The molecule has 2 aliphatic rings. The zero-order valence-electron chi connectivity index (χ0n) is 12.0. The van der Waals surface area contributed by atoms with Crippen molar-refractivity contribution >= 4 is 19.7 Å². The van der Waals surface area contributed by atoms with Crippen LogP contribution in [0.25, 0.3) is 0 Å². The Labute approximate surface area is 118 Å². The summed E-state index contributed by atoms with van der Waals surface area (Å²) in [5, 5.41) is 0. The Morgan fingerprint density at radius 2 is 1.37 bits per heavy atom. The van der Waals surface area contributed by atoms with Gasteiger partial charge in [0.1, 0.15) is 6.29 Å². The number of carbonyl (C=O) groups excluding carboxylic acids is 2. The molecule has 2 rings (SSSR count). The molecular formula is C16H27O2P. The molecule has 108 valence electrons. The smallest absolute Gasteiger partial charge is 0.155 e. The number of hydrogen-bond acceptors (Lipinski definition) is 2. The van der Waals surface area contributed by atoms with E-state index in [9.17, 15) is 9.59 Å². The maximum Gasteiger partial charge on any atom is 0.155 e. The van der Waals surface area contributed by atoms with Crippen LogP contribution in [0.5, 0.6) is 0 Å². The van der Waals surface area contributed by atoms with Crippen LogP contribution in [0.15, 0.2) is 0 Å². The van der Waals surface area contributed by atoms with Crippen molar-refractivity contribution in [3.05, 3.63) is 0 Å². The Morgan fingerprint density at radius 1 is 0.895 bits per heavy atom. The van der Waals surface area contributed by atoms with Crippen molar-refractivity contribution in [3.63, 3.8) is 0 Å². The fraction of sp³-hybridized carbons (Fsp3) is 0.875. The minimum Gasteiger partial charge on any atom is -0.303 e. The van der Waals surface area contributed by atoms with Gasteiger partial charge in [0.05, 0.1) is 0 Å². The van der Waals surface area contributed by atoms with Crippen LogP contribution in [0.1, 0.15) is 77.0 Å². The largest absolute Gasteiger partial charge is 0.303 e. The molecule has 0 atom stereocenters. The standard InChI is InChI=1S/C16H27O2P/c17-13-7-12-16(18)19(14-8-3-1-4-9-14)15-10-5-2-6-11-15/h13-15H,1-12H2. The van der Waals surface area contributed by atoms with Crippen molar-refractivity contribution in [2.24, 2.45) is 0 Å². The number of carbonyl (C=O) groups is 2. The van der Waals surface area contributed by atoms with Gasteiger partial charge >= 0.3 is 0 Å². The quantitative estimate of drug-likeness (QED) is 0.525. The first-order valence-corrected chi connectivity index (χ1v) is 9.55. The minimum atomic E-state index is -0.468. The number of rotatable bonds is 6. The van der Waals surface area contributed by atoms with Gasteiger partial charge in [0.25, 0.3) is 0 Å². The van der Waals surface area contributed by atoms with Gasteiger partial charge in [0, 0.05) is 12.8 Å². The summed E-state index contributed by atoms with van der Waals surface area (Å²) in [6.45, 7) is 0. The van der Waals surface area contributed by atoms with E-state index in [1.165, 1.54) is 64.2 Å². The molecule has 0 aromatic rings. The van der Waals surface area contributed by atoms with Crippen LogP contribution >= 0.6 is 7.92 Å². The molecule has 0 aliphatic heterocycles. The van der Waals surface area contributed by atoms with E-state index in [0.29, 0.717) is 29.7 Å². The maximum atomic E-state index is 12.6. The van der Waals surface area contributed by atoms with Gasteiger partial charge in [0.2, 0.25) is 0 Å². The van der Waals surface area contributed by atoms with Crippen LogP contribution in [-0.4, -0.2) is 23.1 Å². The zero-order chi connectivity index (χ0) is 13.5. The van der Waals surface area contributed by atoms with Crippen molar-refractivity contribution < 1.29 is 9.59 Å². The summed E-state index contributed by atoms with van der Waals surface area (Å²) in [5.74, 6) is 0. The second kappa shape index (κ2) is 8.15. The van der Waals surface area contributed by atoms with Crippen LogP contribution in [0.4, 0.5) is 0 Å². The van der Waals surface area contributed by atoms with Crippen LogP contribution in [0.2, 0.25) is 0 Å². The summed E-state index contributed by atoms with van der Waals surface area (Å²) in [6, 6.07) is 0. The molecule has 2 nitrogen and oxygen atoms in total. The van der Waals surface area contributed by atoms with Gasteiger partial charge in [-0.1, -0.05) is 38.5 Å². The molecule has 19 heavy (non-hydrogen) atoms. The molecule has 0 spiro atoms. The Balaban J connectivity index is 2.01. The highest BCUT2D eigenvalue weighted by Crippen LogP contribution is 2.56. The van der Waals surface area contributed by atoms with Crippen LogP contribution in [0.3, 0.4) is 0 Å². The molecule has 0 bridgehead atoms. The monoisotopic (exact) mass is 282 g/mol. The summed E-state index contributed by atoms with van der Waals surface area (Å²) < 4.78 is 0. The van der Waals surface area contributed by atoms with Gasteiger partial charge in [-0.3, -0.25) is 4.79 Å². The van der Waals surface area contributed by atoms with E-state index in [1.807, 2.05) is 0 Å². The van der Waals surface area contributed by atoms with E-state index >= 15 is 0 Å². The fourth-order valence-corrected chi connectivity index (χ4v) is 7.38. The van der Waals surface area contributed by atoms with Gasteiger partial charge in [-0.15, -0.1) is 0 Å². The SMILES string of the molecule is O=CCCC(=O)P(C1CCCCC1)C1CCCCC1. The lowest BCUT2D eigenvalue weighted by atomic mass is 9.99. The molecule has 0 radical (unpaired) electrons. The van der Waals surface area contributed by atoms with E-state index in [1.54, 1.807) is 0 Å². The van der Waals surface area contributed by atoms with E-state index in [2.05, 4.69) is 0 Å². The molecule has 0 aromatic carbocycles. The Morgan fingerprint density at radius 3 is 1.79 bits per heavy atom. The fourth-order valence-electron chi connectivity index (χ4n) is 3.74. The van der Waals surface area contributed by atoms with Gasteiger partial charge in [0.15, 0.2) is 5.52 Å². The Kier molecular flexibility index (Phi) is 6.50. The van der Waals surface area contributed by atoms with Crippen molar-refractivity contribution in [1.29, 1.82) is 0 Å². The normalized spacial score (nSPS) is 22.6. The van der Waals surface area contributed by atoms with Gasteiger partial charge in [-0.05, 0) is 44.9 Å². The van der Waals surface area contributed by atoms with E-state index in [4.69, 9.17) is 0 Å². The molecule has 0 N–H and O–H groups in total. The average Bonchev–Trinajstić information content (AvgIpc) is 2.47. The summed E-state index contributed by atoms with van der Waals surface area (Å²) >= 11 is 0. The van der Waals surface area contributed by atoms with E-state index in [-0.39, 0.29) is 0 Å². The highest BCUT2D eigenvalue weighted by atomic mass is 31.1. The van der Waals surface area contributed by atoms with Crippen molar-refractivity contribution in [2.45, 2.75) is 88.4 Å². The maximum absolute atomic E-state index is 12.6. The number of hydrogen-bond donors (Lipinski definition) is 0. The van der Waals surface area contributed by atoms with Crippen LogP contribution in [0, 0.1) is 0 Å². The molecular weight excluding hydrogens is 255 g/mol. The first-order chi connectivity index (χ1) is 9.33. The molecule has 0 unspecified atom stereocenters. The van der Waals surface area contributed by atoms with Crippen LogP contribution < -0.4 is 0 Å². The van der Waals surface area contributed by atoms with Gasteiger partial charge in [-0.2, -0.15) is 0 Å².